The highest BCUT2D eigenvalue weighted by molar-refractivity contribution is 6.33. The highest BCUT2D eigenvalue weighted by Gasteiger charge is 2.42. The number of rotatable bonds is 12. The van der Waals surface area contributed by atoms with Gasteiger partial charge in [-0.2, -0.15) is 5.10 Å². The summed E-state index contributed by atoms with van der Waals surface area (Å²) in [6, 6.07) is 11.6. The van der Waals surface area contributed by atoms with Crippen LogP contribution in [-0.4, -0.2) is 48.1 Å². The molecule has 10 nitrogen and oxygen atoms in total. The van der Waals surface area contributed by atoms with Gasteiger partial charge in [0.2, 0.25) is 5.78 Å². The number of nitrogens with one attached hydrogen (secondary N) is 1. The van der Waals surface area contributed by atoms with Crippen molar-refractivity contribution in [3.63, 3.8) is 0 Å². The average Bonchev–Trinajstić information content (AvgIpc) is 3.46. The lowest BCUT2D eigenvalue weighted by atomic mass is 9.79. The largest absolute Gasteiger partial charge is 0.455 e. The van der Waals surface area contributed by atoms with Crippen LogP contribution in [0.5, 0.6) is 0 Å². The molecule has 2 heterocycles. The Balaban J connectivity index is 1.48. The summed E-state index contributed by atoms with van der Waals surface area (Å²) in [5, 5.41) is 18.8. The summed E-state index contributed by atoms with van der Waals surface area (Å²) in [5.41, 5.74) is -0.506. The number of halogens is 2. The molecule has 0 bridgehead atoms. The summed E-state index contributed by atoms with van der Waals surface area (Å²) >= 11 is 0. The van der Waals surface area contributed by atoms with Crippen molar-refractivity contribution in [2.45, 2.75) is 44.9 Å². The summed E-state index contributed by atoms with van der Waals surface area (Å²) in [6.07, 6.45) is 4.58. The minimum absolute atomic E-state index is 0.0144. The summed E-state index contributed by atoms with van der Waals surface area (Å²) < 4.78 is 36.5. The van der Waals surface area contributed by atoms with Gasteiger partial charge in [0.1, 0.15) is 37.0 Å². The van der Waals surface area contributed by atoms with Gasteiger partial charge in [-0.3, -0.25) is 4.79 Å². The van der Waals surface area contributed by atoms with Crippen LogP contribution in [0.3, 0.4) is 0 Å². The zero-order valence-electron chi connectivity index (χ0n) is 21.9. The quantitative estimate of drug-likeness (QED) is 0.201. The number of benzene rings is 2. The van der Waals surface area contributed by atoms with Crippen LogP contribution in [0.1, 0.15) is 41.6 Å². The van der Waals surface area contributed by atoms with E-state index >= 15 is 4.39 Å². The number of ether oxygens (including phenoxy) is 1. The number of Topliss-reactive ketones (excluding diaryl/α,β-unsaturated/α-hetero) is 1. The van der Waals surface area contributed by atoms with E-state index in [0.29, 0.717) is 11.3 Å². The minimum Gasteiger partial charge on any atom is -0.455 e. The van der Waals surface area contributed by atoms with Gasteiger partial charge < -0.3 is 15.2 Å². The second-order valence-electron chi connectivity index (χ2n) is 9.30. The number of carbonyl (C=O) groups is 2. The molecule has 4 aromatic rings. The number of nitrogens with zero attached hydrogens (tertiary/aromatic N) is 5. The smallest absolute Gasteiger partial charge is 0.374 e. The molecule has 0 aliphatic rings. The van der Waals surface area contributed by atoms with Gasteiger partial charge in [-0.05, 0) is 30.2 Å². The summed E-state index contributed by atoms with van der Waals surface area (Å²) in [6.45, 7) is 3.02. The molecule has 4 rings (SSSR count). The Bertz CT molecular complexity index is 1470. The van der Waals surface area contributed by atoms with Gasteiger partial charge >= 0.3 is 5.97 Å². The van der Waals surface area contributed by atoms with Gasteiger partial charge in [0.05, 0.1) is 18.4 Å². The number of anilines is 1. The van der Waals surface area contributed by atoms with Crippen molar-refractivity contribution in [3.8, 4) is 0 Å². The molecular formula is C28H28F2N6O4. The van der Waals surface area contributed by atoms with Gasteiger partial charge in [-0.1, -0.05) is 37.3 Å². The highest BCUT2D eigenvalue weighted by Crippen LogP contribution is 2.40. The van der Waals surface area contributed by atoms with Crippen LogP contribution >= 0.6 is 0 Å². The number of hydrogen-bond acceptors (Lipinski definition) is 9. The fourth-order valence-corrected chi connectivity index (χ4v) is 4.30. The predicted octanol–water partition coefficient (Wildman–Crippen LogP) is 3.46. The highest BCUT2D eigenvalue weighted by atomic mass is 19.1. The van der Waals surface area contributed by atoms with Crippen molar-refractivity contribution >= 4 is 17.4 Å². The van der Waals surface area contributed by atoms with E-state index in [1.54, 1.807) is 31.2 Å². The van der Waals surface area contributed by atoms with Crippen molar-refractivity contribution in [3.05, 3.63) is 102 Å². The van der Waals surface area contributed by atoms with Gasteiger partial charge in [0, 0.05) is 30.1 Å². The zero-order valence-corrected chi connectivity index (χ0v) is 21.9. The minimum atomic E-state index is -1.98. The van der Waals surface area contributed by atoms with Gasteiger partial charge in [0.15, 0.2) is 5.82 Å². The summed E-state index contributed by atoms with van der Waals surface area (Å²) in [4.78, 5) is 35.7. The first-order valence-electron chi connectivity index (χ1n) is 12.5. The van der Waals surface area contributed by atoms with Crippen LogP contribution in [0, 0.1) is 18.6 Å². The molecule has 0 fully saturated rings. The monoisotopic (exact) mass is 550 g/mol. The standard InChI is InChI=1S/C28H28F2N6O4/c1-18-10-21(28(39,14-36-17-32-16-35-36)19(2)26-23(30)12-31-15-34-26)22(29)11-24(18)33-9-8-25(37)27(38)40-13-20-6-4-3-5-7-20/h3-7,10-12,15-17,19,33,39H,8-9,13-14H2,1-2H3/t19-,28+/m0/s1. The fourth-order valence-electron chi connectivity index (χ4n) is 4.30. The number of aliphatic hydroxyl groups is 1. The first-order valence-corrected chi connectivity index (χ1v) is 12.5. The Morgan fingerprint density at radius 2 is 1.90 bits per heavy atom. The van der Waals surface area contributed by atoms with Crippen LogP contribution in [0.4, 0.5) is 14.5 Å². The maximum atomic E-state index is 15.6. The molecule has 2 atom stereocenters. The molecule has 0 amide bonds. The normalized spacial score (nSPS) is 13.3. The molecule has 0 aliphatic heterocycles. The maximum absolute atomic E-state index is 15.6. The number of ketones is 1. The molecule has 2 aromatic carbocycles. The molecule has 0 saturated carbocycles. The molecule has 0 unspecified atom stereocenters. The van der Waals surface area contributed by atoms with E-state index in [2.05, 4.69) is 25.4 Å². The SMILES string of the molecule is Cc1cc([C@@](O)(Cn2cncn2)[C@@H](C)c2ncncc2F)c(F)cc1NCCC(=O)C(=O)OCc1ccccc1. The third kappa shape index (κ3) is 6.52. The van der Waals surface area contributed by atoms with Crippen LogP contribution < -0.4 is 5.32 Å². The Labute approximate surface area is 229 Å². The van der Waals surface area contributed by atoms with E-state index < -0.39 is 34.9 Å². The second-order valence-corrected chi connectivity index (χ2v) is 9.30. The molecular weight excluding hydrogens is 522 g/mol. The first-order chi connectivity index (χ1) is 19.2. The second kappa shape index (κ2) is 12.5. The van der Waals surface area contributed by atoms with Crippen LogP contribution in [0.15, 0.2) is 67.6 Å². The molecule has 0 spiro atoms. The maximum Gasteiger partial charge on any atom is 0.374 e. The van der Waals surface area contributed by atoms with E-state index in [9.17, 15) is 19.1 Å². The van der Waals surface area contributed by atoms with Crippen molar-refractivity contribution in [2.75, 3.05) is 11.9 Å². The number of esters is 1. The number of carbonyl (C=O) groups excluding carboxylic acids is 2. The first kappa shape index (κ1) is 28.4. The van der Waals surface area contributed by atoms with Crippen molar-refractivity contribution in [1.29, 1.82) is 0 Å². The lowest BCUT2D eigenvalue weighted by Crippen LogP contribution is -2.39. The van der Waals surface area contributed by atoms with Crippen molar-refractivity contribution < 1.29 is 28.2 Å². The lowest BCUT2D eigenvalue weighted by molar-refractivity contribution is -0.154. The topological polar surface area (TPSA) is 132 Å². The molecule has 12 heteroatoms. The van der Waals surface area contributed by atoms with Crippen LogP contribution in [0.25, 0.3) is 0 Å². The van der Waals surface area contributed by atoms with Gasteiger partial charge in [0.25, 0.3) is 0 Å². The lowest BCUT2D eigenvalue weighted by Gasteiger charge is -2.35. The van der Waals surface area contributed by atoms with E-state index in [-0.39, 0.29) is 37.4 Å². The molecule has 40 heavy (non-hydrogen) atoms. The van der Waals surface area contributed by atoms with Gasteiger partial charge in [-0.25, -0.2) is 33.2 Å². The average molecular weight is 551 g/mol. The van der Waals surface area contributed by atoms with Crippen LogP contribution in [0.2, 0.25) is 0 Å². The molecule has 0 radical (unpaired) electrons. The summed E-state index contributed by atoms with van der Waals surface area (Å²) in [7, 11) is 0. The Morgan fingerprint density at radius 1 is 1.12 bits per heavy atom. The van der Waals surface area contributed by atoms with Crippen LogP contribution in [-0.2, 0) is 33.1 Å². The fraction of sp³-hybridized carbons (Fsp3) is 0.286. The number of aryl methyl sites for hydroxylation is 1. The molecule has 208 valence electrons. The number of aromatic nitrogens is 5. The number of hydrogen-bond donors (Lipinski definition) is 2. The molecule has 0 aliphatic carbocycles. The predicted molar refractivity (Wildman–Crippen MR) is 140 cm³/mol. The Kier molecular flexibility index (Phi) is 8.90. The van der Waals surface area contributed by atoms with Gasteiger partial charge in [-0.15, -0.1) is 0 Å². The van der Waals surface area contributed by atoms with E-state index in [1.165, 1.54) is 36.4 Å². The third-order valence-corrected chi connectivity index (χ3v) is 6.58. The molecule has 0 saturated heterocycles. The Morgan fingerprint density at radius 3 is 2.60 bits per heavy atom. The molecule has 2 aromatic heterocycles. The zero-order chi connectivity index (χ0) is 28.7. The summed E-state index contributed by atoms with van der Waals surface area (Å²) in [5.74, 6) is -4.19. The van der Waals surface area contributed by atoms with E-state index in [0.717, 1.165) is 18.1 Å². The molecule has 2 N–H and O–H groups in total. The van der Waals surface area contributed by atoms with E-state index in [1.807, 2.05) is 6.07 Å². The van der Waals surface area contributed by atoms with Crippen molar-refractivity contribution in [1.82, 2.24) is 24.7 Å². The van der Waals surface area contributed by atoms with E-state index in [4.69, 9.17) is 4.74 Å². The third-order valence-electron chi connectivity index (χ3n) is 6.58. The Hall–Kier alpha value is -4.58. The van der Waals surface area contributed by atoms with Crippen molar-refractivity contribution in [2.24, 2.45) is 0 Å².